The number of benzene rings is 1. The second kappa shape index (κ2) is 9.20. The second-order valence-corrected chi connectivity index (χ2v) is 11.9. The van der Waals surface area contributed by atoms with Crippen LogP contribution in [0.2, 0.25) is 0 Å². The van der Waals surface area contributed by atoms with Gasteiger partial charge in [0.1, 0.15) is 4.32 Å². The highest BCUT2D eigenvalue weighted by Crippen LogP contribution is 2.33. The van der Waals surface area contributed by atoms with E-state index in [9.17, 15) is 18.0 Å². The quantitative estimate of drug-likeness (QED) is 0.474. The molecule has 1 aromatic carbocycles. The van der Waals surface area contributed by atoms with Gasteiger partial charge in [0.05, 0.1) is 16.4 Å². The molecule has 1 unspecified atom stereocenters. The Kier molecular flexibility index (Phi) is 7.04. The summed E-state index contributed by atoms with van der Waals surface area (Å²) in [5.74, 6) is 0.190. The highest BCUT2D eigenvalue weighted by Gasteiger charge is 2.35. The average Bonchev–Trinajstić information content (AvgIpc) is 3.18. The van der Waals surface area contributed by atoms with E-state index < -0.39 is 9.84 Å². The molecule has 30 heavy (non-hydrogen) atoms. The third kappa shape index (κ3) is 5.31. The number of rotatable bonds is 6. The monoisotopic (exact) mass is 466 g/mol. The van der Waals surface area contributed by atoms with Gasteiger partial charge in [0, 0.05) is 26.1 Å². The van der Waals surface area contributed by atoms with Crippen molar-refractivity contribution in [3.05, 3.63) is 40.3 Å². The summed E-state index contributed by atoms with van der Waals surface area (Å²) in [5, 5.41) is 0. The van der Waals surface area contributed by atoms with Crippen LogP contribution in [0.25, 0.3) is 6.08 Å². The molecule has 0 bridgehead atoms. The van der Waals surface area contributed by atoms with Crippen molar-refractivity contribution in [2.45, 2.75) is 38.6 Å². The first-order valence-corrected chi connectivity index (χ1v) is 12.9. The number of carbonyl (C=O) groups is 2. The molecule has 0 spiro atoms. The summed E-state index contributed by atoms with van der Waals surface area (Å²) in [6, 6.07) is 7.78. The lowest BCUT2D eigenvalue weighted by Crippen LogP contribution is -2.40. The minimum absolute atomic E-state index is 0.00857. The molecule has 2 fully saturated rings. The molecule has 1 aromatic rings. The predicted molar refractivity (Wildman–Crippen MR) is 125 cm³/mol. The zero-order valence-corrected chi connectivity index (χ0v) is 19.8. The second-order valence-electron chi connectivity index (χ2n) is 7.97. The molecule has 2 aliphatic heterocycles. The van der Waals surface area contributed by atoms with Gasteiger partial charge in [-0.25, -0.2) is 8.42 Å². The molecule has 0 aromatic heterocycles. The van der Waals surface area contributed by atoms with Gasteiger partial charge in [0.2, 0.25) is 5.91 Å². The smallest absolute Gasteiger partial charge is 0.266 e. The van der Waals surface area contributed by atoms with Crippen molar-refractivity contribution in [2.24, 2.45) is 0 Å². The van der Waals surface area contributed by atoms with Crippen LogP contribution in [0.1, 0.15) is 43.7 Å². The summed E-state index contributed by atoms with van der Waals surface area (Å²) >= 11 is 6.58. The third-order valence-corrected chi connectivity index (χ3v) is 8.60. The first-order valence-electron chi connectivity index (χ1n) is 9.89. The van der Waals surface area contributed by atoms with Crippen molar-refractivity contribution in [2.75, 3.05) is 25.1 Å². The van der Waals surface area contributed by atoms with E-state index in [0.717, 1.165) is 5.56 Å². The number of thiocarbonyl (C=S) groups is 1. The highest BCUT2D eigenvalue weighted by molar-refractivity contribution is 8.26. The molecule has 9 heteroatoms. The van der Waals surface area contributed by atoms with Crippen LogP contribution in [-0.4, -0.2) is 65.5 Å². The van der Waals surface area contributed by atoms with Crippen molar-refractivity contribution >= 4 is 56.0 Å². The molecule has 2 aliphatic rings. The molecule has 0 aliphatic carbocycles. The van der Waals surface area contributed by atoms with Gasteiger partial charge in [0.25, 0.3) is 5.91 Å². The van der Waals surface area contributed by atoms with Crippen LogP contribution in [0.3, 0.4) is 0 Å². The standard InChI is InChI=1S/C21H26N2O4S3/c1-14(2)16-6-4-15(5-7-16)12-18-20(25)23(21(28)29-18)10-8-19(24)22(3)17-9-11-30(26,27)13-17/h4-7,12,14,17H,8-11,13H2,1-3H3. The van der Waals surface area contributed by atoms with Gasteiger partial charge in [-0.1, -0.05) is 62.1 Å². The lowest BCUT2D eigenvalue weighted by molar-refractivity contribution is -0.132. The molecule has 0 saturated carbocycles. The van der Waals surface area contributed by atoms with Gasteiger partial charge in [-0.3, -0.25) is 14.5 Å². The first-order chi connectivity index (χ1) is 14.1. The number of hydrogen-bond acceptors (Lipinski definition) is 6. The third-order valence-electron chi connectivity index (χ3n) is 5.47. The summed E-state index contributed by atoms with van der Waals surface area (Å²) in [6.07, 6.45) is 2.39. The first kappa shape index (κ1) is 23.0. The van der Waals surface area contributed by atoms with Crippen LogP contribution in [0, 0.1) is 0 Å². The fourth-order valence-electron chi connectivity index (χ4n) is 3.49. The number of nitrogens with zero attached hydrogens (tertiary/aromatic N) is 2. The normalized spacial score (nSPS) is 22.3. The summed E-state index contributed by atoms with van der Waals surface area (Å²) in [6.45, 7) is 4.45. The zero-order valence-electron chi connectivity index (χ0n) is 17.3. The molecule has 2 heterocycles. The van der Waals surface area contributed by atoms with Gasteiger partial charge >= 0.3 is 0 Å². The van der Waals surface area contributed by atoms with E-state index in [1.807, 2.05) is 18.2 Å². The Bertz CT molecular complexity index is 984. The number of carbonyl (C=O) groups excluding carboxylic acids is 2. The predicted octanol–water partition coefficient (Wildman–Crippen LogP) is 3.05. The molecular weight excluding hydrogens is 440 g/mol. The van der Waals surface area contributed by atoms with Crippen LogP contribution >= 0.6 is 24.0 Å². The van der Waals surface area contributed by atoms with Crippen LogP contribution in [0.15, 0.2) is 29.2 Å². The number of hydrogen-bond donors (Lipinski definition) is 0. The molecule has 3 rings (SSSR count). The van der Waals surface area contributed by atoms with Crippen molar-refractivity contribution in [3.63, 3.8) is 0 Å². The van der Waals surface area contributed by atoms with Crippen molar-refractivity contribution in [1.82, 2.24) is 9.80 Å². The molecule has 6 nitrogen and oxygen atoms in total. The van der Waals surface area contributed by atoms with Gasteiger partial charge in [0.15, 0.2) is 9.84 Å². The van der Waals surface area contributed by atoms with Crippen LogP contribution < -0.4 is 0 Å². The molecule has 0 N–H and O–H groups in total. The molecule has 162 valence electrons. The molecule has 2 saturated heterocycles. The maximum Gasteiger partial charge on any atom is 0.266 e. The van der Waals surface area contributed by atoms with Gasteiger partial charge in [-0.2, -0.15) is 0 Å². The Labute approximate surface area is 187 Å². The molecule has 1 atom stereocenters. The summed E-state index contributed by atoms with van der Waals surface area (Å²) in [4.78, 5) is 28.7. The number of sulfone groups is 1. The van der Waals surface area contributed by atoms with Crippen LogP contribution in [0.5, 0.6) is 0 Å². The van der Waals surface area contributed by atoms with Gasteiger partial charge in [-0.05, 0) is 29.5 Å². The Hall–Kier alpha value is -1.71. The molecule has 0 radical (unpaired) electrons. The minimum atomic E-state index is -3.06. The topological polar surface area (TPSA) is 74.8 Å². The Morgan fingerprint density at radius 3 is 2.57 bits per heavy atom. The number of thioether (sulfide) groups is 1. The van der Waals surface area contributed by atoms with Crippen molar-refractivity contribution < 1.29 is 18.0 Å². The van der Waals surface area contributed by atoms with Crippen LogP contribution in [0.4, 0.5) is 0 Å². The Morgan fingerprint density at radius 2 is 2.00 bits per heavy atom. The van der Waals surface area contributed by atoms with Crippen molar-refractivity contribution in [1.29, 1.82) is 0 Å². The fourth-order valence-corrected chi connectivity index (χ4v) is 6.57. The summed E-state index contributed by atoms with van der Waals surface area (Å²) in [7, 11) is -1.43. The molecule has 2 amide bonds. The van der Waals surface area contributed by atoms with E-state index in [1.54, 1.807) is 7.05 Å². The van der Waals surface area contributed by atoms with E-state index >= 15 is 0 Å². The van der Waals surface area contributed by atoms with Crippen LogP contribution in [-0.2, 0) is 19.4 Å². The highest BCUT2D eigenvalue weighted by atomic mass is 32.2. The van der Waals surface area contributed by atoms with E-state index in [1.165, 1.54) is 27.1 Å². The largest absolute Gasteiger partial charge is 0.342 e. The van der Waals surface area contributed by atoms with Crippen molar-refractivity contribution in [3.8, 4) is 0 Å². The Balaban J connectivity index is 1.60. The zero-order chi connectivity index (χ0) is 22.1. The summed E-state index contributed by atoms with van der Waals surface area (Å²) in [5.41, 5.74) is 2.16. The Morgan fingerprint density at radius 1 is 1.33 bits per heavy atom. The average molecular weight is 467 g/mol. The number of amides is 2. The lowest BCUT2D eigenvalue weighted by atomic mass is 10.0. The van der Waals surface area contributed by atoms with Gasteiger partial charge < -0.3 is 4.90 Å². The SMILES string of the molecule is CC(C)c1ccc(C=C2SC(=S)N(CCC(=O)N(C)C3CCS(=O)(=O)C3)C2=O)cc1. The maximum atomic E-state index is 12.8. The van der Waals surface area contributed by atoms with E-state index in [-0.39, 0.29) is 42.3 Å². The minimum Gasteiger partial charge on any atom is -0.342 e. The maximum absolute atomic E-state index is 12.8. The van der Waals surface area contributed by atoms with E-state index in [2.05, 4.69) is 26.0 Å². The van der Waals surface area contributed by atoms with E-state index in [0.29, 0.717) is 21.6 Å². The van der Waals surface area contributed by atoms with Gasteiger partial charge in [-0.15, -0.1) is 0 Å². The fraction of sp³-hybridized carbons (Fsp3) is 0.476. The summed E-state index contributed by atoms with van der Waals surface area (Å²) < 4.78 is 23.7. The lowest BCUT2D eigenvalue weighted by Gasteiger charge is -2.24. The van der Waals surface area contributed by atoms with E-state index in [4.69, 9.17) is 12.2 Å². The molecular formula is C21H26N2O4S3.